The zero-order valence-corrected chi connectivity index (χ0v) is 13.3. The van der Waals surface area contributed by atoms with Crippen molar-refractivity contribution in [2.45, 2.75) is 18.9 Å². The van der Waals surface area contributed by atoms with Gasteiger partial charge >= 0.3 is 0 Å². The van der Waals surface area contributed by atoms with Gasteiger partial charge in [-0.05, 0) is 25.0 Å². The van der Waals surface area contributed by atoms with Crippen LogP contribution in [0.15, 0.2) is 42.7 Å². The molecule has 1 aliphatic heterocycles. The third-order valence-corrected chi connectivity index (χ3v) is 4.76. The Bertz CT molecular complexity index is 847. The second-order valence-electron chi connectivity index (χ2n) is 5.75. The smallest absolute Gasteiger partial charge is 0.165 e. The van der Waals surface area contributed by atoms with E-state index in [4.69, 9.17) is 11.6 Å². The zero-order valence-electron chi connectivity index (χ0n) is 12.6. The number of aromatic nitrogens is 3. The Labute approximate surface area is 139 Å². The van der Waals surface area contributed by atoms with Gasteiger partial charge in [0, 0.05) is 28.9 Å². The normalized spacial score (nSPS) is 18.0. The summed E-state index contributed by atoms with van der Waals surface area (Å²) in [5, 5.41) is 14.8. The van der Waals surface area contributed by atoms with E-state index < -0.39 is 0 Å². The highest BCUT2D eigenvalue weighted by Gasteiger charge is 2.26. The zero-order chi connectivity index (χ0) is 15.8. The van der Waals surface area contributed by atoms with Gasteiger partial charge in [0.25, 0.3) is 0 Å². The number of anilines is 1. The van der Waals surface area contributed by atoms with Crippen molar-refractivity contribution in [2.75, 3.05) is 18.1 Å². The second-order valence-corrected chi connectivity index (χ2v) is 6.16. The van der Waals surface area contributed by atoms with Crippen LogP contribution in [0.3, 0.4) is 0 Å². The van der Waals surface area contributed by atoms with Crippen molar-refractivity contribution in [3.8, 4) is 11.1 Å². The van der Waals surface area contributed by atoms with Gasteiger partial charge in [-0.2, -0.15) is 9.61 Å². The summed E-state index contributed by atoms with van der Waals surface area (Å²) in [5.74, 6) is 0.963. The summed E-state index contributed by atoms with van der Waals surface area (Å²) in [4.78, 5) is 6.70. The van der Waals surface area contributed by atoms with E-state index in [-0.39, 0.29) is 12.6 Å². The Morgan fingerprint density at radius 3 is 2.91 bits per heavy atom. The molecular formula is C17H17ClN4O. The second kappa shape index (κ2) is 5.83. The highest BCUT2D eigenvalue weighted by Crippen LogP contribution is 2.32. The molecule has 0 saturated carbocycles. The molecule has 4 rings (SSSR count). The Morgan fingerprint density at radius 1 is 1.22 bits per heavy atom. The summed E-state index contributed by atoms with van der Waals surface area (Å²) >= 11 is 6.32. The van der Waals surface area contributed by atoms with E-state index in [2.05, 4.69) is 15.0 Å². The lowest BCUT2D eigenvalue weighted by atomic mass is 10.1. The molecule has 3 aromatic rings. The van der Waals surface area contributed by atoms with Crippen LogP contribution in [0, 0.1) is 0 Å². The van der Waals surface area contributed by atoms with Crippen molar-refractivity contribution in [1.82, 2.24) is 14.6 Å². The number of rotatable bonds is 3. The van der Waals surface area contributed by atoms with E-state index in [0.29, 0.717) is 5.02 Å². The van der Waals surface area contributed by atoms with Crippen molar-refractivity contribution >= 4 is 23.1 Å². The SMILES string of the molecule is OC[C@@H]1CCCN1c1ccnc2c(-c3ccccc3Cl)cnn12. The van der Waals surface area contributed by atoms with Gasteiger partial charge in [0.05, 0.1) is 18.8 Å². The summed E-state index contributed by atoms with van der Waals surface area (Å²) in [6.07, 6.45) is 5.67. The van der Waals surface area contributed by atoms with Gasteiger partial charge < -0.3 is 10.0 Å². The lowest BCUT2D eigenvalue weighted by Gasteiger charge is -2.25. The molecule has 0 spiro atoms. The van der Waals surface area contributed by atoms with Gasteiger partial charge in [-0.15, -0.1) is 0 Å². The van der Waals surface area contributed by atoms with Gasteiger partial charge in [0.15, 0.2) is 5.65 Å². The molecule has 23 heavy (non-hydrogen) atoms. The maximum absolute atomic E-state index is 9.59. The van der Waals surface area contributed by atoms with E-state index in [1.54, 1.807) is 12.4 Å². The highest BCUT2D eigenvalue weighted by atomic mass is 35.5. The fraction of sp³-hybridized carbons (Fsp3) is 0.294. The number of benzene rings is 1. The highest BCUT2D eigenvalue weighted by molar-refractivity contribution is 6.33. The van der Waals surface area contributed by atoms with E-state index >= 15 is 0 Å². The van der Waals surface area contributed by atoms with Crippen LogP contribution in [-0.4, -0.2) is 38.9 Å². The first kappa shape index (κ1) is 14.5. The van der Waals surface area contributed by atoms with Crippen LogP contribution in [0.1, 0.15) is 12.8 Å². The van der Waals surface area contributed by atoms with Crippen LogP contribution in [0.5, 0.6) is 0 Å². The van der Waals surface area contributed by atoms with Gasteiger partial charge in [0.2, 0.25) is 0 Å². The standard InChI is InChI=1S/C17H17ClN4O/c18-15-6-2-1-5-13(15)14-10-20-22-16(7-8-19-17(14)22)21-9-3-4-12(21)11-23/h1-2,5-8,10,12,23H,3-4,9,11H2/t12-/m0/s1. The molecule has 0 bridgehead atoms. The van der Waals surface area contributed by atoms with Gasteiger partial charge in [-0.25, -0.2) is 4.98 Å². The van der Waals surface area contributed by atoms with Crippen molar-refractivity contribution in [1.29, 1.82) is 0 Å². The lowest BCUT2D eigenvalue weighted by molar-refractivity contribution is 0.265. The van der Waals surface area contributed by atoms with E-state index in [1.807, 2.05) is 34.8 Å². The number of nitrogens with zero attached hydrogens (tertiary/aromatic N) is 4. The largest absolute Gasteiger partial charge is 0.394 e. The molecule has 3 heterocycles. The van der Waals surface area contributed by atoms with E-state index in [0.717, 1.165) is 42.0 Å². The molecule has 0 radical (unpaired) electrons. The van der Waals surface area contributed by atoms with Crippen LogP contribution in [-0.2, 0) is 0 Å². The molecule has 1 N–H and O–H groups in total. The van der Waals surface area contributed by atoms with Crippen molar-refractivity contribution < 1.29 is 5.11 Å². The predicted octanol–water partition coefficient (Wildman–Crippen LogP) is 3.01. The molecule has 1 fully saturated rings. The van der Waals surface area contributed by atoms with Crippen LogP contribution in [0.2, 0.25) is 5.02 Å². The monoisotopic (exact) mass is 328 g/mol. The number of fused-ring (bicyclic) bond motifs is 1. The number of aliphatic hydroxyl groups excluding tert-OH is 1. The molecule has 0 unspecified atom stereocenters. The third-order valence-electron chi connectivity index (χ3n) is 4.43. The van der Waals surface area contributed by atoms with Crippen LogP contribution < -0.4 is 4.90 Å². The first-order valence-corrected chi connectivity index (χ1v) is 8.12. The maximum Gasteiger partial charge on any atom is 0.165 e. The lowest BCUT2D eigenvalue weighted by Crippen LogP contribution is -2.33. The van der Waals surface area contributed by atoms with Crippen molar-refractivity contribution in [3.05, 3.63) is 47.7 Å². The Morgan fingerprint density at radius 2 is 2.09 bits per heavy atom. The number of hydrogen-bond acceptors (Lipinski definition) is 4. The topological polar surface area (TPSA) is 53.7 Å². The Balaban J connectivity index is 1.86. The van der Waals surface area contributed by atoms with E-state index in [9.17, 15) is 5.11 Å². The molecule has 6 heteroatoms. The van der Waals surface area contributed by atoms with Crippen LogP contribution in [0.4, 0.5) is 5.82 Å². The van der Waals surface area contributed by atoms with Crippen molar-refractivity contribution in [3.63, 3.8) is 0 Å². The molecule has 0 amide bonds. The summed E-state index contributed by atoms with van der Waals surface area (Å²) in [6, 6.07) is 9.80. The molecule has 1 aliphatic rings. The first-order valence-electron chi connectivity index (χ1n) is 7.74. The molecule has 0 aliphatic carbocycles. The summed E-state index contributed by atoms with van der Waals surface area (Å²) in [7, 11) is 0. The minimum atomic E-state index is 0.147. The Hall–Kier alpha value is -2.11. The van der Waals surface area contributed by atoms with Crippen LogP contribution >= 0.6 is 11.6 Å². The number of aliphatic hydroxyl groups is 1. The number of hydrogen-bond donors (Lipinski definition) is 1. The molecule has 1 atom stereocenters. The first-order chi connectivity index (χ1) is 11.3. The molecule has 5 nitrogen and oxygen atoms in total. The number of halogens is 1. The maximum atomic E-state index is 9.59. The molecule has 118 valence electrons. The van der Waals surface area contributed by atoms with Gasteiger partial charge in [-0.1, -0.05) is 29.8 Å². The van der Waals surface area contributed by atoms with E-state index in [1.165, 1.54) is 0 Å². The molecule has 1 saturated heterocycles. The Kier molecular flexibility index (Phi) is 3.67. The van der Waals surface area contributed by atoms with Gasteiger partial charge in [-0.3, -0.25) is 0 Å². The minimum Gasteiger partial charge on any atom is -0.394 e. The molecule has 1 aromatic carbocycles. The average molecular weight is 329 g/mol. The quantitative estimate of drug-likeness (QED) is 0.803. The third kappa shape index (κ3) is 2.36. The summed E-state index contributed by atoms with van der Waals surface area (Å²) in [5.41, 5.74) is 2.62. The summed E-state index contributed by atoms with van der Waals surface area (Å²) < 4.78 is 1.84. The average Bonchev–Trinajstić information content (AvgIpc) is 3.21. The fourth-order valence-corrected chi connectivity index (χ4v) is 3.53. The van der Waals surface area contributed by atoms with Crippen LogP contribution in [0.25, 0.3) is 16.8 Å². The molecule has 2 aromatic heterocycles. The van der Waals surface area contributed by atoms with Crippen molar-refractivity contribution in [2.24, 2.45) is 0 Å². The predicted molar refractivity (Wildman–Crippen MR) is 90.9 cm³/mol. The summed E-state index contributed by atoms with van der Waals surface area (Å²) in [6.45, 7) is 1.08. The molecular weight excluding hydrogens is 312 g/mol. The fourth-order valence-electron chi connectivity index (χ4n) is 3.29. The van der Waals surface area contributed by atoms with Gasteiger partial charge in [0.1, 0.15) is 5.82 Å². The minimum absolute atomic E-state index is 0.147.